The molecule has 6 rings (SSSR count). The zero-order valence-corrected chi connectivity index (χ0v) is 15.0. The van der Waals surface area contributed by atoms with Gasteiger partial charge in [-0.1, -0.05) is 19.1 Å². The predicted molar refractivity (Wildman–Crippen MR) is 94.8 cm³/mol. The molecule has 3 heteroatoms. The molecular formula is C21H29NO2. The van der Waals surface area contributed by atoms with Crippen LogP contribution in [0.4, 0.5) is 0 Å². The fourth-order valence-corrected chi connectivity index (χ4v) is 6.75. The van der Waals surface area contributed by atoms with E-state index in [1.165, 1.54) is 63.7 Å². The standard InChI is InChI=1S/C21H29NO2/c1-3-12-22-13-11-21-16-5-4-6-17(23-2)18(16)24-19(21)15-7-9-20(21,14-22)10-8-15/h4-6,15,19H,3,7-14H2,1-2H3. The summed E-state index contributed by atoms with van der Waals surface area (Å²) in [5, 5.41) is 0. The Labute approximate surface area is 145 Å². The predicted octanol–water partition coefficient (Wildman–Crippen LogP) is 4.00. The summed E-state index contributed by atoms with van der Waals surface area (Å²) in [5.74, 6) is 2.73. The number of hydrogen-bond acceptors (Lipinski definition) is 3. The average Bonchev–Trinajstić information content (AvgIpc) is 2.98. The van der Waals surface area contributed by atoms with Crippen molar-refractivity contribution in [3.63, 3.8) is 0 Å². The van der Waals surface area contributed by atoms with Gasteiger partial charge in [0.15, 0.2) is 11.5 Å². The number of fused-ring (bicyclic) bond motifs is 3. The number of ether oxygens (including phenoxy) is 2. The molecule has 2 unspecified atom stereocenters. The first kappa shape index (κ1) is 15.1. The largest absolute Gasteiger partial charge is 0.493 e. The molecule has 5 aliphatic rings. The lowest BCUT2D eigenvalue weighted by Gasteiger charge is -2.64. The van der Waals surface area contributed by atoms with Gasteiger partial charge >= 0.3 is 0 Å². The Kier molecular flexibility index (Phi) is 3.23. The summed E-state index contributed by atoms with van der Waals surface area (Å²) < 4.78 is 12.3. The normalized spacial score (nSPS) is 39.8. The lowest BCUT2D eigenvalue weighted by atomic mass is 9.42. The second-order valence-electron chi connectivity index (χ2n) is 8.49. The minimum atomic E-state index is 0.238. The highest BCUT2D eigenvalue weighted by Gasteiger charge is 2.69. The third-order valence-electron chi connectivity index (χ3n) is 7.66. The molecule has 0 amide bonds. The van der Waals surface area contributed by atoms with Crippen molar-refractivity contribution in [2.24, 2.45) is 11.3 Å². The average molecular weight is 327 g/mol. The zero-order valence-electron chi connectivity index (χ0n) is 15.0. The number of hydrogen-bond donors (Lipinski definition) is 0. The third kappa shape index (κ3) is 1.67. The van der Waals surface area contributed by atoms with E-state index in [2.05, 4.69) is 30.0 Å². The summed E-state index contributed by atoms with van der Waals surface area (Å²) in [6, 6.07) is 6.58. The van der Waals surface area contributed by atoms with Crippen LogP contribution in [0.3, 0.4) is 0 Å². The van der Waals surface area contributed by atoms with Crippen molar-refractivity contribution in [1.29, 1.82) is 0 Å². The molecule has 2 atom stereocenters. The van der Waals surface area contributed by atoms with E-state index < -0.39 is 0 Å². The SMILES string of the molecule is CCCN1CCC23c4cccc(OC)c4OC2C2CCC3(CC2)C1. The minimum absolute atomic E-state index is 0.238. The van der Waals surface area contributed by atoms with Crippen LogP contribution in [-0.4, -0.2) is 37.7 Å². The zero-order chi connectivity index (χ0) is 16.4. The van der Waals surface area contributed by atoms with Crippen molar-refractivity contribution in [2.75, 3.05) is 26.7 Å². The highest BCUT2D eigenvalue weighted by atomic mass is 16.5. The van der Waals surface area contributed by atoms with Crippen molar-refractivity contribution in [1.82, 2.24) is 4.90 Å². The monoisotopic (exact) mass is 327 g/mol. The molecule has 1 saturated heterocycles. The summed E-state index contributed by atoms with van der Waals surface area (Å²) in [6.45, 7) is 6.04. The summed E-state index contributed by atoms with van der Waals surface area (Å²) in [7, 11) is 1.77. The van der Waals surface area contributed by atoms with E-state index in [0.29, 0.717) is 11.5 Å². The summed E-state index contributed by atoms with van der Waals surface area (Å²) >= 11 is 0. The Morgan fingerprint density at radius 3 is 2.83 bits per heavy atom. The highest BCUT2D eigenvalue weighted by Crippen LogP contribution is 2.69. The fraction of sp³-hybridized carbons (Fsp3) is 0.714. The van der Waals surface area contributed by atoms with Gasteiger partial charge in [-0.15, -0.1) is 0 Å². The number of methoxy groups -OCH3 is 1. The smallest absolute Gasteiger partial charge is 0.165 e. The molecule has 2 bridgehead atoms. The van der Waals surface area contributed by atoms with Crippen LogP contribution in [0.2, 0.25) is 0 Å². The van der Waals surface area contributed by atoms with Gasteiger partial charge in [-0.2, -0.15) is 0 Å². The minimum Gasteiger partial charge on any atom is -0.493 e. The number of likely N-dealkylation sites (tertiary alicyclic amines) is 1. The second kappa shape index (κ2) is 5.14. The van der Waals surface area contributed by atoms with E-state index in [1.54, 1.807) is 7.11 Å². The molecule has 1 aromatic rings. The van der Waals surface area contributed by atoms with E-state index in [9.17, 15) is 0 Å². The Morgan fingerprint density at radius 1 is 1.25 bits per heavy atom. The first-order valence-electron chi connectivity index (χ1n) is 9.80. The lowest BCUT2D eigenvalue weighted by molar-refractivity contribution is -0.143. The van der Waals surface area contributed by atoms with Crippen LogP contribution in [0.15, 0.2) is 18.2 Å². The molecule has 3 nitrogen and oxygen atoms in total. The maximum Gasteiger partial charge on any atom is 0.165 e. The van der Waals surface area contributed by atoms with Gasteiger partial charge in [0.1, 0.15) is 6.10 Å². The first-order chi connectivity index (χ1) is 11.7. The van der Waals surface area contributed by atoms with Crippen LogP contribution in [0.25, 0.3) is 0 Å². The maximum atomic E-state index is 6.67. The van der Waals surface area contributed by atoms with Crippen molar-refractivity contribution in [3.05, 3.63) is 23.8 Å². The Bertz CT molecular complexity index is 649. The summed E-state index contributed by atoms with van der Waals surface area (Å²) in [4.78, 5) is 2.73. The van der Waals surface area contributed by atoms with Crippen molar-refractivity contribution < 1.29 is 9.47 Å². The van der Waals surface area contributed by atoms with Gasteiger partial charge in [0.25, 0.3) is 0 Å². The van der Waals surface area contributed by atoms with Crippen LogP contribution < -0.4 is 9.47 Å². The molecule has 3 aliphatic carbocycles. The van der Waals surface area contributed by atoms with Crippen molar-refractivity contribution in [2.45, 2.75) is 57.0 Å². The molecule has 0 aromatic heterocycles. The summed E-state index contributed by atoms with van der Waals surface area (Å²) in [5.41, 5.74) is 2.12. The molecule has 1 aromatic carbocycles. The van der Waals surface area contributed by atoms with Gasteiger partial charge in [0.05, 0.1) is 7.11 Å². The van der Waals surface area contributed by atoms with Gasteiger partial charge < -0.3 is 14.4 Å². The quantitative estimate of drug-likeness (QED) is 0.837. The van der Waals surface area contributed by atoms with E-state index >= 15 is 0 Å². The highest BCUT2D eigenvalue weighted by molar-refractivity contribution is 5.56. The van der Waals surface area contributed by atoms with Crippen LogP contribution in [0.1, 0.15) is 51.0 Å². The van der Waals surface area contributed by atoms with Crippen LogP contribution in [0, 0.1) is 11.3 Å². The van der Waals surface area contributed by atoms with E-state index in [1.807, 2.05) is 0 Å². The van der Waals surface area contributed by atoms with Gasteiger partial charge in [-0.05, 0) is 69.0 Å². The fourth-order valence-electron chi connectivity index (χ4n) is 6.75. The molecule has 0 radical (unpaired) electrons. The molecule has 3 saturated carbocycles. The Hall–Kier alpha value is -1.22. The van der Waals surface area contributed by atoms with Crippen LogP contribution >= 0.6 is 0 Å². The maximum absolute atomic E-state index is 6.67. The number of para-hydroxylation sites is 1. The molecule has 130 valence electrons. The van der Waals surface area contributed by atoms with E-state index in [0.717, 1.165) is 17.4 Å². The topological polar surface area (TPSA) is 21.7 Å². The van der Waals surface area contributed by atoms with Crippen LogP contribution in [-0.2, 0) is 5.41 Å². The molecule has 2 aliphatic heterocycles. The van der Waals surface area contributed by atoms with Gasteiger partial charge in [0, 0.05) is 17.5 Å². The van der Waals surface area contributed by atoms with Gasteiger partial charge in [-0.3, -0.25) is 0 Å². The number of nitrogens with zero attached hydrogens (tertiary/aromatic N) is 1. The summed E-state index contributed by atoms with van der Waals surface area (Å²) in [6.07, 6.45) is 8.37. The Balaban J connectivity index is 1.65. The van der Waals surface area contributed by atoms with Crippen LogP contribution in [0.5, 0.6) is 11.5 Å². The van der Waals surface area contributed by atoms with E-state index in [-0.39, 0.29) is 5.41 Å². The van der Waals surface area contributed by atoms with Gasteiger partial charge in [-0.25, -0.2) is 0 Å². The van der Waals surface area contributed by atoms with Crippen molar-refractivity contribution >= 4 is 0 Å². The lowest BCUT2D eigenvalue weighted by Crippen LogP contribution is -2.68. The third-order valence-corrected chi connectivity index (χ3v) is 7.66. The molecule has 2 spiro atoms. The number of rotatable bonds is 3. The van der Waals surface area contributed by atoms with Crippen molar-refractivity contribution in [3.8, 4) is 11.5 Å². The Morgan fingerprint density at radius 2 is 2.08 bits per heavy atom. The number of benzene rings is 1. The van der Waals surface area contributed by atoms with E-state index in [4.69, 9.17) is 9.47 Å². The second-order valence-corrected chi connectivity index (χ2v) is 8.49. The molecular weight excluding hydrogens is 298 g/mol. The van der Waals surface area contributed by atoms with Gasteiger partial charge in [0.2, 0.25) is 0 Å². The molecule has 4 fully saturated rings. The molecule has 0 N–H and O–H groups in total. The molecule has 24 heavy (non-hydrogen) atoms. The number of piperidine rings is 1. The first-order valence-corrected chi connectivity index (χ1v) is 9.80. The molecule has 2 heterocycles.